The average Bonchev–Trinajstić information content (AvgIpc) is 2.64. The molecule has 0 aliphatic rings. The molecule has 0 aliphatic carbocycles. The average molecular weight is 390 g/mol. The molecule has 0 aliphatic heterocycles. The SMILES string of the molecule is CC[C@H](COCc1ccccc1)NC(=O)C[C@@H](C)Oc1ccc(Cl)cc1C. The number of aryl methyl sites for hydroxylation is 1. The molecule has 0 spiro atoms. The van der Waals surface area contributed by atoms with E-state index in [-0.39, 0.29) is 24.5 Å². The second kappa shape index (κ2) is 11.0. The lowest BCUT2D eigenvalue weighted by atomic mass is 10.2. The largest absolute Gasteiger partial charge is 0.490 e. The molecule has 5 heteroatoms. The van der Waals surface area contributed by atoms with Crippen molar-refractivity contribution in [3.8, 4) is 5.75 Å². The van der Waals surface area contributed by atoms with Crippen LogP contribution in [0.2, 0.25) is 5.02 Å². The minimum Gasteiger partial charge on any atom is -0.490 e. The molecule has 27 heavy (non-hydrogen) atoms. The van der Waals surface area contributed by atoms with Gasteiger partial charge in [0.25, 0.3) is 0 Å². The Morgan fingerprint density at radius 3 is 2.59 bits per heavy atom. The Kier molecular flexibility index (Phi) is 8.62. The Hall–Kier alpha value is -2.04. The second-order valence-electron chi connectivity index (χ2n) is 6.72. The fraction of sp³-hybridized carbons (Fsp3) is 0.409. The van der Waals surface area contributed by atoms with Gasteiger partial charge in [-0.05, 0) is 49.6 Å². The van der Waals surface area contributed by atoms with E-state index in [1.165, 1.54) is 0 Å². The molecule has 0 bridgehead atoms. The second-order valence-corrected chi connectivity index (χ2v) is 7.15. The van der Waals surface area contributed by atoms with Crippen LogP contribution < -0.4 is 10.1 Å². The summed E-state index contributed by atoms with van der Waals surface area (Å²) in [4.78, 5) is 12.3. The van der Waals surface area contributed by atoms with Gasteiger partial charge >= 0.3 is 0 Å². The van der Waals surface area contributed by atoms with Crippen molar-refractivity contribution in [2.45, 2.75) is 52.4 Å². The Bertz CT molecular complexity index is 721. The van der Waals surface area contributed by atoms with Gasteiger partial charge in [0, 0.05) is 5.02 Å². The maximum Gasteiger partial charge on any atom is 0.224 e. The lowest BCUT2D eigenvalue weighted by Crippen LogP contribution is -2.39. The van der Waals surface area contributed by atoms with Gasteiger partial charge in [-0.1, -0.05) is 48.9 Å². The summed E-state index contributed by atoms with van der Waals surface area (Å²) in [5.74, 6) is 0.710. The van der Waals surface area contributed by atoms with Crippen LogP contribution in [0.25, 0.3) is 0 Å². The highest BCUT2D eigenvalue weighted by Gasteiger charge is 2.15. The highest BCUT2D eigenvalue weighted by molar-refractivity contribution is 6.30. The first kappa shape index (κ1) is 21.3. The normalized spacial score (nSPS) is 13.0. The van der Waals surface area contributed by atoms with E-state index >= 15 is 0 Å². The molecule has 0 fully saturated rings. The van der Waals surface area contributed by atoms with Crippen LogP contribution in [0.5, 0.6) is 5.75 Å². The van der Waals surface area contributed by atoms with Crippen LogP contribution in [0.4, 0.5) is 0 Å². The number of benzene rings is 2. The summed E-state index contributed by atoms with van der Waals surface area (Å²) in [5.41, 5.74) is 2.08. The highest BCUT2D eigenvalue weighted by atomic mass is 35.5. The van der Waals surface area contributed by atoms with E-state index in [0.717, 1.165) is 23.3 Å². The molecule has 1 N–H and O–H groups in total. The summed E-state index contributed by atoms with van der Waals surface area (Å²) < 4.78 is 11.6. The predicted molar refractivity (Wildman–Crippen MR) is 109 cm³/mol. The van der Waals surface area contributed by atoms with Crippen LogP contribution in [-0.2, 0) is 16.1 Å². The van der Waals surface area contributed by atoms with Crippen LogP contribution >= 0.6 is 11.6 Å². The maximum absolute atomic E-state index is 12.3. The topological polar surface area (TPSA) is 47.6 Å². The molecule has 0 saturated carbocycles. The molecule has 0 saturated heterocycles. The quantitative estimate of drug-likeness (QED) is 0.627. The monoisotopic (exact) mass is 389 g/mol. The van der Waals surface area contributed by atoms with Crippen molar-refractivity contribution in [3.05, 3.63) is 64.7 Å². The van der Waals surface area contributed by atoms with Crippen LogP contribution in [0.15, 0.2) is 48.5 Å². The van der Waals surface area contributed by atoms with Gasteiger partial charge in [-0.2, -0.15) is 0 Å². The molecule has 4 nitrogen and oxygen atoms in total. The van der Waals surface area contributed by atoms with Gasteiger partial charge in [-0.25, -0.2) is 0 Å². The molecular weight excluding hydrogens is 362 g/mol. The number of hydrogen-bond donors (Lipinski definition) is 1. The number of ether oxygens (including phenoxy) is 2. The first-order chi connectivity index (χ1) is 13.0. The van der Waals surface area contributed by atoms with Crippen molar-refractivity contribution < 1.29 is 14.3 Å². The number of halogens is 1. The van der Waals surface area contributed by atoms with Gasteiger partial charge in [-0.3, -0.25) is 4.79 Å². The van der Waals surface area contributed by atoms with Gasteiger partial charge < -0.3 is 14.8 Å². The first-order valence-corrected chi connectivity index (χ1v) is 9.69. The Labute approximate surface area is 166 Å². The number of carbonyl (C=O) groups is 1. The zero-order valence-electron chi connectivity index (χ0n) is 16.2. The maximum atomic E-state index is 12.3. The lowest BCUT2D eigenvalue weighted by molar-refractivity contribution is -0.123. The fourth-order valence-electron chi connectivity index (χ4n) is 2.71. The van der Waals surface area contributed by atoms with Gasteiger partial charge in [0.15, 0.2) is 0 Å². The van der Waals surface area contributed by atoms with Crippen LogP contribution in [0, 0.1) is 6.92 Å². The number of nitrogens with one attached hydrogen (secondary N) is 1. The molecule has 0 radical (unpaired) electrons. The van der Waals surface area contributed by atoms with E-state index < -0.39 is 0 Å². The number of carbonyl (C=O) groups excluding carboxylic acids is 1. The Balaban J connectivity index is 1.74. The molecule has 146 valence electrons. The summed E-state index contributed by atoms with van der Waals surface area (Å²) in [6.07, 6.45) is 0.871. The molecule has 0 unspecified atom stereocenters. The van der Waals surface area contributed by atoms with Crippen LogP contribution in [0.3, 0.4) is 0 Å². The molecule has 2 rings (SSSR count). The third kappa shape index (κ3) is 7.61. The van der Waals surface area contributed by atoms with Crippen molar-refractivity contribution in [1.29, 1.82) is 0 Å². The van der Waals surface area contributed by atoms with E-state index in [1.807, 2.05) is 63.2 Å². The standard InChI is InChI=1S/C22H28ClNO3/c1-4-20(15-26-14-18-8-6-5-7-9-18)24-22(25)13-17(3)27-21-11-10-19(23)12-16(21)2/h5-12,17,20H,4,13-15H2,1-3H3,(H,24,25)/t17-,20-/m1/s1. The lowest BCUT2D eigenvalue weighted by Gasteiger charge is -2.20. The minimum absolute atomic E-state index is 0.00863. The Morgan fingerprint density at radius 2 is 1.93 bits per heavy atom. The van der Waals surface area contributed by atoms with E-state index in [2.05, 4.69) is 5.32 Å². The zero-order valence-corrected chi connectivity index (χ0v) is 17.0. The molecule has 1 amide bonds. The predicted octanol–water partition coefficient (Wildman–Crippen LogP) is 4.92. The van der Waals surface area contributed by atoms with Gasteiger partial charge in [0.05, 0.1) is 25.7 Å². The van der Waals surface area contributed by atoms with Gasteiger partial charge in [0.2, 0.25) is 5.91 Å². The zero-order chi connectivity index (χ0) is 19.6. The van der Waals surface area contributed by atoms with Crippen molar-refractivity contribution >= 4 is 17.5 Å². The van der Waals surface area contributed by atoms with Crippen molar-refractivity contribution in [2.75, 3.05) is 6.61 Å². The number of amides is 1. The molecule has 2 atom stereocenters. The van der Waals surface area contributed by atoms with Crippen LogP contribution in [-0.4, -0.2) is 24.7 Å². The Morgan fingerprint density at radius 1 is 1.19 bits per heavy atom. The molecule has 0 aromatic heterocycles. The third-order valence-electron chi connectivity index (χ3n) is 4.23. The van der Waals surface area contributed by atoms with Crippen LogP contribution in [0.1, 0.15) is 37.8 Å². The van der Waals surface area contributed by atoms with Crippen molar-refractivity contribution in [3.63, 3.8) is 0 Å². The summed E-state index contributed by atoms with van der Waals surface area (Å²) in [6.45, 7) is 6.89. The summed E-state index contributed by atoms with van der Waals surface area (Å²) >= 11 is 5.96. The summed E-state index contributed by atoms with van der Waals surface area (Å²) in [6, 6.07) is 15.5. The van der Waals surface area contributed by atoms with Crippen molar-refractivity contribution in [2.24, 2.45) is 0 Å². The molecule has 0 heterocycles. The smallest absolute Gasteiger partial charge is 0.224 e. The molecular formula is C22H28ClNO3. The van der Waals surface area contributed by atoms with E-state index in [0.29, 0.717) is 18.2 Å². The number of hydrogen-bond acceptors (Lipinski definition) is 3. The number of rotatable bonds is 10. The first-order valence-electron chi connectivity index (χ1n) is 9.31. The van der Waals surface area contributed by atoms with E-state index in [9.17, 15) is 4.79 Å². The van der Waals surface area contributed by atoms with E-state index in [1.54, 1.807) is 6.07 Å². The summed E-state index contributed by atoms with van der Waals surface area (Å²) in [7, 11) is 0. The highest BCUT2D eigenvalue weighted by Crippen LogP contribution is 2.23. The molecule has 2 aromatic carbocycles. The summed E-state index contributed by atoms with van der Waals surface area (Å²) in [5, 5.41) is 3.70. The molecule has 2 aromatic rings. The van der Waals surface area contributed by atoms with Crippen molar-refractivity contribution in [1.82, 2.24) is 5.32 Å². The fourth-order valence-corrected chi connectivity index (χ4v) is 2.93. The van der Waals surface area contributed by atoms with E-state index in [4.69, 9.17) is 21.1 Å². The van der Waals surface area contributed by atoms with Gasteiger partial charge in [-0.15, -0.1) is 0 Å². The minimum atomic E-state index is -0.229. The van der Waals surface area contributed by atoms with Gasteiger partial charge in [0.1, 0.15) is 11.9 Å². The third-order valence-corrected chi connectivity index (χ3v) is 4.46.